The van der Waals surface area contributed by atoms with Crippen LogP contribution in [0.15, 0.2) is 157 Å². The van der Waals surface area contributed by atoms with E-state index < -0.39 is 5.78 Å². The van der Waals surface area contributed by atoms with Crippen molar-refractivity contribution in [3.63, 3.8) is 0 Å². The van der Waals surface area contributed by atoms with Gasteiger partial charge in [0.2, 0.25) is 11.7 Å². The van der Waals surface area contributed by atoms with Crippen LogP contribution in [0.2, 0.25) is 10.0 Å². The quantitative estimate of drug-likeness (QED) is 0.0468. The molecular formula is C36H26BrCl2FN6O4. The van der Waals surface area contributed by atoms with Crippen molar-refractivity contribution in [2.24, 2.45) is 10.2 Å². The number of benzene rings is 4. The summed E-state index contributed by atoms with van der Waals surface area (Å²) < 4.78 is 24.3. The van der Waals surface area contributed by atoms with Crippen LogP contribution >= 0.6 is 39.1 Å². The topological polar surface area (TPSA) is 133 Å². The highest BCUT2D eigenvalue weighted by atomic mass is 79.9. The van der Waals surface area contributed by atoms with E-state index in [-0.39, 0.29) is 34.8 Å². The number of furan rings is 2. The van der Waals surface area contributed by atoms with Crippen LogP contribution < -0.4 is 21.5 Å². The lowest BCUT2D eigenvalue weighted by Crippen LogP contribution is -2.24. The Balaban J connectivity index is 0.000000194. The Labute approximate surface area is 304 Å². The third-order valence-electron chi connectivity index (χ3n) is 6.42. The summed E-state index contributed by atoms with van der Waals surface area (Å²) >= 11 is 15.1. The van der Waals surface area contributed by atoms with Crippen LogP contribution in [0.4, 0.5) is 27.1 Å². The first kappa shape index (κ1) is 35.6. The monoisotopic (exact) mass is 774 g/mol. The van der Waals surface area contributed by atoms with Crippen molar-refractivity contribution in [2.45, 2.75) is 0 Å². The van der Waals surface area contributed by atoms with E-state index in [1.165, 1.54) is 42.9 Å². The van der Waals surface area contributed by atoms with Crippen LogP contribution in [0.3, 0.4) is 0 Å². The summed E-state index contributed by atoms with van der Waals surface area (Å²) in [5.74, 6) is -0.762. The van der Waals surface area contributed by atoms with Crippen molar-refractivity contribution < 1.29 is 22.8 Å². The van der Waals surface area contributed by atoms with Gasteiger partial charge in [-0.3, -0.25) is 20.4 Å². The minimum Gasteiger partial charge on any atom is -0.461 e. The molecule has 10 nitrogen and oxygen atoms in total. The van der Waals surface area contributed by atoms with Crippen molar-refractivity contribution in [3.05, 3.63) is 166 Å². The largest absolute Gasteiger partial charge is 0.461 e. The Morgan fingerprint density at radius 2 is 0.940 bits per heavy atom. The lowest BCUT2D eigenvalue weighted by atomic mass is 10.2. The molecule has 0 amide bonds. The zero-order valence-electron chi connectivity index (χ0n) is 25.7. The third-order valence-corrected chi connectivity index (χ3v) is 7.45. The average molecular weight is 776 g/mol. The second-order valence-electron chi connectivity index (χ2n) is 10.0. The van der Waals surface area contributed by atoms with Crippen molar-refractivity contribution in [1.82, 2.24) is 0 Å². The standard InChI is InChI=1S/C18H13BrClN3O2.C18H13ClFN3O2/c19-12-3-7-14(8-4-12)21-18(17(24)16-2-1-11-25-16)23-22-15-9-5-13(20)6-10-15;19-12-3-7-15(8-4-12)22-23-18(17(24)16-2-1-11-25-16)21-14-9-5-13(20)6-10-14/h2*1-11,22H,(H,21,23). The van der Waals surface area contributed by atoms with Gasteiger partial charge in [-0.2, -0.15) is 10.2 Å². The molecule has 0 unspecified atom stereocenters. The van der Waals surface area contributed by atoms with Gasteiger partial charge in [0, 0.05) is 25.9 Å². The Morgan fingerprint density at radius 1 is 0.560 bits per heavy atom. The number of Topliss-reactive ketones (excluding diaryl/α,β-unsaturated/α-hetero) is 2. The fraction of sp³-hybridized carbons (Fsp3) is 0. The van der Waals surface area contributed by atoms with Crippen LogP contribution in [0.25, 0.3) is 0 Å². The van der Waals surface area contributed by atoms with Crippen molar-refractivity contribution >= 4 is 85.1 Å². The summed E-state index contributed by atoms with van der Waals surface area (Å²) in [6, 6.07) is 33.2. The molecule has 0 atom stereocenters. The molecule has 0 aliphatic heterocycles. The van der Waals surface area contributed by atoms with Gasteiger partial charge >= 0.3 is 0 Å². The first-order chi connectivity index (χ1) is 24.2. The summed E-state index contributed by atoms with van der Waals surface area (Å²) in [6.07, 6.45) is 2.84. The lowest BCUT2D eigenvalue weighted by molar-refractivity contribution is 0.103. The number of ketones is 2. The molecule has 0 radical (unpaired) electrons. The molecule has 2 heterocycles. The van der Waals surface area contributed by atoms with E-state index in [9.17, 15) is 14.0 Å². The molecule has 2 aromatic heterocycles. The molecule has 4 N–H and O–H groups in total. The molecule has 4 aromatic carbocycles. The van der Waals surface area contributed by atoms with E-state index in [0.29, 0.717) is 27.1 Å². The minimum atomic E-state index is -0.448. The fourth-order valence-electron chi connectivity index (χ4n) is 3.95. The van der Waals surface area contributed by atoms with Gasteiger partial charge in [-0.05, 0) is 121 Å². The van der Waals surface area contributed by atoms with E-state index in [4.69, 9.17) is 32.0 Å². The molecule has 252 valence electrons. The van der Waals surface area contributed by atoms with Crippen molar-refractivity contribution in [1.29, 1.82) is 0 Å². The number of halogens is 4. The number of rotatable bonds is 10. The molecule has 0 aliphatic carbocycles. The Morgan fingerprint density at radius 3 is 1.32 bits per heavy atom. The highest BCUT2D eigenvalue weighted by Gasteiger charge is 2.19. The summed E-state index contributed by atoms with van der Waals surface area (Å²) in [4.78, 5) is 25.1. The van der Waals surface area contributed by atoms with Crippen molar-refractivity contribution in [2.75, 3.05) is 21.5 Å². The predicted octanol–water partition coefficient (Wildman–Crippen LogP) is 10.2. The molecule has 0 bridgehead atoms. The predicted molar refractivity (Wildman–Crippen MR) is 199 cm³/mol. The maximum Gasteiger partial charge on any atom is 0.265 e. The average Bonchev–Trinajstić information content (AvgIpc) is 3.87. The third kappa shape index (κ3) is 10.7. The van der Waals surface area contributed by atoms with Crippen molar-refractivity contribution in [3.8, 4) is 0 Å². The number of amidine groups is 2. The zero-order chi connectivity index (χ0) is 35.3. The van der Waals surface area contributed by atoms with Crippen LogP contribution in [-0.4, -0.2) is 23.2 Å². The molecular weight excluding hydrogens is 750 g/mol. The first-order valence-electron chi connectivity index (χ1n) is 14.6. The van der Waals surface area contributed by atoms with E-state index >= 15 is 0 Å². The fourth-order valence-corrected chi connectivity index (χ4v) is 4.47. The molecule has 0 saturated carbocycles. The van der Waals surface area contributed by atoms with Gasteiger partial charge in [0.25, 0.3) is 11.6 Å². The number of nitrogens with zero attached hydrogens (tertiary/aromatic N) is 2. The van der Waals surface area contributed by atoms with Gasteiger partial charge in [-0.1, -0.05) is 39.1 Å². The Bertz CT molecular complexity index is 1900. The van der Waals surface area contributed by atoms with Crippen LogP contribution in [0.5, 0.6) is 0 Å². The van der Waals surface area contributed by atoms with Crippen LogP contribution in [0.1, 0.15) is 21.1 Å². The van der Waals surface area contributed by atoms with Gasteiger partial charge in [-0.15, -0.1) is 0 Å². The highest BCUT2D eigenvalue weighted by Crippen LogP contribution is 2.18. The van der Waals surface area contributed by atoms with Gasteiger partial charge < -0.3 is 19.5 Å². The molecule has 14 heteroatoms. The van der Waals surface area contributed by atoms with E-state index in [0.717, 1.165) is 10.2 Å². The number of hydrogen-bond acceptors (Lipinski definition) is 8. The van der Waals surface area contributed by atoms with Gasteiger partial charge in [0.15, 0.2) is 11.5 Å². The van der Waals surface area contributed by atoms with Gasteiger partial charge in [0.05, 0.1) is 23.9 Å². The lowest BCUT2D eigenvalue weighted by Gasteiger charge is -2.09. The highest BCUT2D eigenvalue weighted by molar-refractivity contribution is 9.10. The summed E-state index contributed by atoms with van der Waals surface area (Å²) in [5, 5.41) is 15.4. The number of carbonyl (C=O) groups excluding carboxylic acids is 2. The van der Waals surface area contributed by atoms with E-state index in [1.807, 2.05) is 24.3 Å². The Kier molecular flexibility index (Phi) is 12.6. The smallest absolute Gasteiger partial charge is 0.265 e. The molecule has 50 heavy (non-hydrogen) atoms. The molecule has 0 saturated heterocycles. The van der Waals surface area contributed by atoms with Gasteiger partial charge in [0.1, 0.15) is 5.82 Å². The zero-order valence-corrected chi connectivity index (χ0v) is 28.8. The second kappa shape index (κ2) is 17.6. The number of carbonyl (C=O) groups is 2. The molecule has 0 spiro atoms. The number of hydrazone groups is 2. The summed E-state index contributed by atoms with van der Waals surface area (Å²) in [6.45, 7) is 0. The molecule has 6 rings (SSSR count). The minimum absolute atomic E-state index is 0.00323. The van der Waals surface area contributed by atoms with Gasteiger partial charge in [-0.25, -0.2) is 4.39 Å². The maximum atomic E-state index is 13.0. The number of hydrogen-bond donors (Lipinski definition) is 4. The summed E-state index contributed by atoms with van der Waals surface area (Å²) in [5.41, 5.74) is 8.20. The summed E-state index contributed by atoms with van der Waals surface area (Å²) in [7, 11) is 0. The maximum absolute atomic E-state index is 13.0. The van der Waals surface area contributed by atoms with Crippen LogP contribution in [0, 0.1) is 5.82 Å². The molecule has 0 fully saturated rings. The number of anilines is 4. The Hall–Kier alpha value is -5.69. The molecule has 6 aromatic rings. The van der Waals surface area contributed by atoms with Crippen LogP contribution in [-0.2, 0) is 0 Å². The molecule has 0 aliphatic rings. The van der Waals surface area contributed by atoms with E-state index in [1.54, 1.807) is 66.7 Å². The first-order valence-corrected chi connectivity index (χ1v) is 16.2. The number of nitrogens with one attached hydrogen (secondary N) is 4. The van der Waals surface area contributed by atoms with E-state index in [2.05, 4.69) is 47.6 Å². The SMILES string of the molecule is O=C(C(=NNc1ccc(Cl)cc1)Nc1ccc(Br)cc1)c1ccco1.O=C(C(=NNc1ccc(Cl)cc1)Nc1ccc(F)cc1)c1ccco1. The normalized spacial score (nSPS) is 11.2. The second-order valence-corrected chi connectivity index (χ2v) is 11.8.